The summed E-state index contributed by atoms with van der Waals surface area (Å²) in [6, 6.07) is 3.79. The second-order valence-electron chi connectivity index (χ2n) is 3.28. The second-order valence-corrected chi connectivity index (χ2v) is 3.28. The molecule has 1 aromatic rings. The number of hydrogen-bond donors (Lipinski definition) is 2. The van der Waals surface area contributed by atoms with Crippen LogP contribution >= 0.6 is 0 Å². The van der Waals surface area contributed by atoms with Crippen molar-refractivity contribution in [3.63, 3.8) is 0 Å². The van der Waals surface area contributed by atoms with E-state index in [4.69, 9.17) is 5.11 Å². The van der Waals surface area contributed by atoms with Gasteiger partial charge in [0.1, 0.15) is 5.69 Å². The summed E-state index contributed by atoms with van der Waals surface area (Å²) in [6.45, 7) is 3.62. The lowest BCUT2D eigenvalue weighted by molar-refractivity contribution is 0.0683. The van der Waals surface area contributed by atoms with Gasteiger partial charge < -0.3 is 15.0 Å². The molecule has 0 spiro atoms. The van der Waals surface area contributed by atoms with E-state index in [0.717, 1.165) is 18.8 Å². The molecular weight excluding hydrogens is 168 g/mol. The van der Waals surface area contributed by atoms with Crippen molar-refractivity contribution in [1.82, 2.24) is 9.88 Å². The molecule has 0 aromatic carbocycles. The molecule has 0 saturated carbocycles. The molecule has 70 valence electrons. The molecule has 0 radical (unpaired) electrons. The van der Waals surface area contributed by atoms with Crippen molar-refractivity contribution in [1.29, 1.82) is 0 Å². The SMILES string of the molecule is CC1NCCn2c(C(=O)O)ccc21. The molecule has 2 N–H and O–H groups in total. The number of aromatic carboxylic acids is 1. The van der Waals surface area contributed by atoms with Crippen LogP contribution in [0.2, 0.25) is 0 Å². The summed E-state index contributed by atoms with van der Waals surface area (Å²) in [5.74, 6) is -0.847. The summed E-state index contributed by atoms with van der Waals surface area (Å²) >= 11 is 0. The minimum atomic E-state index is -0.847. The van der Waals surface area contributed by atoms with Crippen LogP contribution in [0, 0.1) is 0 Å². The third-order valence-corrected chi connectivity index (χ3v) is 2.46. The fourth-order valence-corrected chi connectivity index (χ4v) is 1.80. The lowest BCUT2D eigenvalue weighted by Gasteiger charge is -2.23. The van der Waals surface area contributed by atoms with Crippen molar-refractivity contribution in [2.45, 2.75) is 19.5 Å². The van der Waals surface area contributed by atoms with Crippen LogP contribution < -0.4 is 5.32 Å². The highest BCUT2D eigenvalue weighted by Gasteiger charge is 2.20. The zero-order valence-corrected chi connectivity index (χ0v) is 7.45. The van der Waals surface area contributed by atoms with Gasteiger partial charge in [-0.25, -0.2) is 4.79 Å². The molecule has 4 nitrogen and oxygen atoms in total. The maximum Gasteiger partial charge on any atom is 0.352 e. The van der Waals surface area contributed by atoms with Crippen LogP contribution in [0.15, 0.2) is 12.1 Å². The van der Waals surface area contributed by atoms with Gasteiger partial charge in [-0.3, -0.25) is 0 Å². The number of carbonyl (C=O) groups is 1. The second kappa shape index (κ2) is 2.88. The van der Waals surface area contributed by atoms with Gasteiger partial charge in [0.2, 0.25) is 0 Å². The molecule has 1 aromatic heterocycles. The van der Waals surface area contributed by atoms with Gasteiger partial charge in [0.15, 0.2) is 0 Å². The largest absolute Gasteiger partial charge is 0.477 e. The van der Waals surface area contributed by atoms with Crippen LogP contribution in [0.5, 0.6) is 0 Å². The molecule has 0 aliphatic carbocycles. The van der Waals surface area contributed by atoms with E-state index in [0.29, 0.717) is 5.69 Å². The van der Waals surface area contributed by atoms with Crippen LogP contribution in [0.25, 0.3) is 0 Å². The van der Waals surface area contributed by atoms with Gasteiger partial charge in [-0.15, -0.1) is 0 Å². The molecule has 1 aliphatic rings. The first-order chi connectivity index (χ1) is 6.20. The summed E-state index contributed by atoms with van der Waals surface area (Å²) in [4.78, 5) is 10.8. The highest BCUT2D eigenvalue weighted by Crippen LogP contribution is 2.19. The van der Waals surface area contributed by atoms with Crippen LogP contribution in [0.3, 0.4) is 0 Å². The zero-order chi connectivity index (χ0) is 9.42. The smallest absolute Gasteiger partial charge is 0.352 e. The molecule has 0 fully saturated rings. The van der Waals surface area contributed by atoms with Crippen molar-refractivity contribution in [3.8, 4) is 0 Å². The standard InChI is InChI=1S/C9H12N2O2/c1-6-7-2-3-8(9(12)13)11(7)5-4-10-6/h2-3,6,10H,4-5H2,1H3,(H,12,13). The number of nitrogens with zero attached hydrogens (tertiary/aromatic N) is 1. The minimum Gasteiger partial charge on any atom is -0.477 e. The van der Waals surface area contributed by atoms with Gasteiger partial charge >= 0.3 is 5.97 Å². The third-order valence-electron chi connectivity index (χ3n) is 2.46. The summed E-state index contributed by atoms with van der Waals surface area (Å²) in [5.41, 5.74) is 1.45. The molecule has 2 rings (SSSR count). The fraction of sp³-hybridized carbons (Fsp3) is 0.444. The Morgan fingerprint density at radius 2 is 2.46 bits per heavy atom. The molecule has 4 heteroatoms. The lowest BCUT2D eigenvalue weighted by atomic mass is 10.2. The van der Waals surface area contributed by atoms with E-state index in [1.54, 1.807) is 6.07 Å². The number of fused-ring (bicyclic) bond motifs is 1. The van der Waals surface area contributed by atoms with E-state index in [1.807, 2.05) is 17.6 Å². The van der Waals surface area contributed by atoms with Crippen molar-refractivity contribution in [2.75, 3.05) is 6.54 Å². The van der Waals surface area contributed by atoms with Gasteiger partial charge in [0, 0.05) is 24.8 Å². The van der Waals surface area contributed by atoms with Gasteiger partial charge in [-0.2, -0.15) is 0 Å². The van der Waals surface area contributed by atoms with Crippen molar-refractivity contribution < 1.29 is 9.90 Å². The molecule has 0 saturated heterocycles. The Bertz CT molecular complexity index is 343. The van der Waals surface area contributed by atoms with Gasteiger partial charge in [-0.1, -0.05) is 0 Å². The average molecular weight is 180 g/mol. The maximum absolute atomic E-state index is 10.8. The Morgan fingerprint density at radius 3 is 3.15 bits per heavy atom. The topological polar surface area (TPSA) is 54.3 Å². The first-order valence-electron chi connectivity index (χ1n) is 4.36. The average Bonchev–Trinajstić information content (AvgIpc) is 2.48. The molecule has 1 unspecified atom stereocenters. The van der Waals surface area contributed by atoms with E-state index in [1.165, 1.54) is 0 Å². The van der Waals surface area contributed by atoms with E-state index in [9.17, 15) is 4.79 Å². The Balaban J connectivity index is 2.47. The molecule has 1 atom stereocenters. The number of hydrogen-bond acceptors (Lipinski definition) is 2. The van der Waals surface area contributed by atoms with Gasteiger partial charge in [-0.05, 0) is 19.1 Å². The predicted octanol–water partition coefficient (Wildman–Crippen LogP) is 0.850. The molecule has 0 bridgehead atoms. The summed E-state index contributed by atoms with van der Waals surface area (Å²) < 4.78 is 1.86. The predicted molar refractivity (Wildman–Crippen MR) is 47.8 cm³/mol. The number of aromatic nitrogens is 1. The molecule has 1 aliphatic heterocycles. The van der Waals surface area contributed by atoms with E-state index >= 15 is 0 Å². The number of nitrogens with one attached hydrogen (secondary N) is 1. The maximum atomic E-state index is 10.8. The fourth-order valence-electron chi connectivity index (χ4n) is 1.80. The number of carboxylic acid groups (broad SMARTS) is 1. The first-order valence-corrected chi connectivity index (χ1v) is 4.36. The quantitative estimate of drug-likeness (QED) is 0.673. The van der Waals surface area contributed by atoms with E-state index < -0.39 is 5.97 Å². The van der Waals surface area contributed by atoms with Gasteiger partial charge in [0.05, 0.1) is 0 Å². The zero-order valence-electron chi connectivity index (χ0n) is 7.45. The monoisotopic (exact) mass is 180 g/mol. The highest BCUT2D eigenvalue weighted by molar-refractivity contribution is 5.86. The van der Waals surface area contributed by atoms with Crippen LogP contribution in [-0.2, 0) is 6.54 Å². The number of rotatable bonds is 1. The van der Waals surface area contributed by atoms with Gasteiger partial charge in [0.25, 0.3) is 0 Å². The third kappa shape index (κ3) is 1.23. The normalized spacial score (nSPS) is 21.2. The van der Waals surface area contributed by atoms with Crippen LogP contribution in [0.4, 0.5) is 0 Å². The Hall–Kier alpha value is -1.29. The van der Waals surface area contributed by atoms with Crippen molar-refractivity contribution in [2.24, 2.45) is 0 Å². The van der Waals surface area contributed by atoms with E-state index in [2.05, 4.69) is 5.32 Å². The Morgan fingerprint density at radius 1 is 1.69 bits per heavy atom. The minimum absolute atomic E-state index is 0.252. The Labute approximate surface area is 76.2 Å². The van der Waals surface area contributed by atoms with Crippen molar-refractivity contribution in [3.05, 3.63) is 23.5 Å². The summed E-state index contributed by atoms with van der Waals surface area (Å²) in [5, 5.41) is 12.2. The number of carboxylic acids is 1. The van der Waals surface area contributed by atoms with Crippen molar-refractivity contribution >= 4 is 5.97 Å². The molecule has 13 heavy (non-hydrogen) atoms. The van der Waals surface area contributed by atoms with E-state index in [-0.39, 0.29) is 6.04 Å². The highest BCUT2D eigenvalue weighted by atomic mass is 16.4. The summed E-state index contributed by atoms with van der Waals surface area (Å²) in [6.07, 6.45) is 0. The Kier molecular flexibility index (Phi) is 1.84. The first kappa shape index (κ1) is 8.31. The van der Waals surface area contributed by atoms with Crippen LogP contribution in [-0.4, -0.2) is 22.2 Å². The lowest BCUT2D eigenvalue weighted by Crippen LogP contribution is -2.32. The molecule has 2 heterocycles. The molecular formula is C9H12N2O2. The van der Waals surface area contributed by atoms with Crippen LogP contribution in [0.1, 0.15) is 29.1 Å². The molecule has 0 amide bonds. The summed E-state index contributed by atoms with van der Waals surface area (Å²) in [7, 11) is 0.